The molecule has 1 spiro atoms. The normalized spacial score (nSPS) is 21.1. The average molecular weight is 428 g/mol. The van der Waals surface area contributed by atoms with Gasteiger partial charge in [-0.15, -0.1) is 0 Å². The highest BCUT2D eigenvalue weighted by Gasteiger charge is 2.53. The van der Waals surface area contributed by atoms with E-state index in [2.05, 4.69) is 5.32 Å². The minimum Gasteiger partial charge on any atom is -0.496 e. The van der Waals surface area contributed by atoms with Crippen LogP contribution in [0.1, 0.15) is 28.8 Å². The fourth-order valence-corrected chi connectivity index (χ4v) is 4.22. The first-order chi connectivity index (χ1) is 14.4. The Bertz CT molecular complexity index is 994. The number of imide groups is 1. The Balaban J connectivity index is 1.54. The van der Waals surface area contributed by atoms with Gasteiger partial charge in [-0.2, -0.15) is 0 Å². The Morgan fingerprint density at radius 1 is 1.17 bits per heavy atom. The summed E-state index contributed by atoms with van der Waals surface area (Å²) in [6, 6.07) is 13.6. The maximum absolute atomic E-state index is 13.2. The summed E-state index contributed by atoms with van der Waals surface area (Å²) in [4.78, 5) is 41.8. The van der Waals surface area contributed by atoms with Crippen molar-refractivity contribution < 1.29 is 19.1 Å². The number of hydrogen-bond acceptors (Lipinski definition) is 4. The summed E-state index contributed by atoms with van der Waals surface area (Å²) in [5.41, 5.74) is 0.143. The topological polar surface area (TPSA) is 79.0 Å². The fraction of sp³-hybridized carbons (Fsp3) is 0.318. The summed E-state index contributed by atoms with van der Waals surface area (Å²) in [5, 5.41) is 3.44. The number of benzene rings is 2. The number of rotatable bonds is 4. The lowest BCUT2D eigenvalue weighted by atomic mass is 9.88. The lowest BCUT2D eigenvalue weighted by Crippen LogP contribution is -2.59. The Kier molecular flexibility index (Phi) is 5.39. The molecule has 8 heteroatoms. The van der Waals surface area contributed by atoms with Gasteiger partial charge in [-0.1, -0.05) is 35.9 Å². The van der Waals surface area contributed by atoms with Crippen LogP contribution < -0.4 is 10.1 Å². The minimum absolute atomic E-state index is 0.131. The number of piperidine rings is 1. The van der Waals surface area contributed by atoms with Crippen molar-refractivity contribution in [3.05, 3.63) is 64.7 Å². The molecule has 2 fully saturated rings. The van der Waals surface area contributed by atoms with Crippen molar-refractivity contribution in [3.63, 3.8) is 0 Å². The maximum Gasteiger partial charge on any atom is 0.325 e. The van der Waals surface area contributed by atoms with Crippen LogP contribution in [0.2, 0.25) is 5.02 Å². The number of hydrogen-bond donors (Lipinski definition) is 1. The number of amides is 4. The standard InChI is InChI=1S/C22H22ClN3O4/c1-30-18-6-3-2-5-17(18)19(27)25-12-4-11-22(14-25)20(28)26(21(29)24-22)13-15-7-9-16(23)10-8-15/h2-3,5-10H,4,11-14H2,1H3,(H,24,29)/t22-/m0/s1. The second kappa shape index (κ2) is 7.99. The number of carbonyl (C=O) groups is 3. The van der Waals surface area contributed by atoms with E-state index in [1.165, 1.54) is 12.0 Å². The summed E-state index contributed by atoms with van der Waals surface area (Å²) < 4.78 is 5.30. The second-order valence-electron chi connectivity index (χ2n) is 7.56. The van der Waals surface area contributed by atoms with Crippen LogP contribution in [0.25, 0.3) is 0 Å². The number of ether oxygens (including phenoxy) is 1. The monoisotopic (exact) mass is 427 g/mol. The van der Waals surface area contributed by atoms with Gasteiger partial charge < -0.3 is 15.0 Å². The average Bonchev–Trinajstić information content (AvgIpc) is 2.98. The van der Waals surface area contributed by atoms with Gasteiger partial charge in [0.25, 0.3) is 11.8 Å². The molecule has 2 aromatic carbocycles. The molecule has 2 aromatic rings. The second-order valence-corrected chi connectivity index (χ2v) is 8.00. The number of halogens is 1. The van der Waals surface area contributed by atoms with Crippen LogP contribution in [-0.4, -0.2) is 53.4 Å². The molecule has 4 rings (SSSR count). The van der Waals surface area contributed by atoms with E-state index in [1.54, 1.807) is 53.4 Å². The molecule has 1 N–H and O–H groups in total. The quantitative estimate of drug-likeness (QED) is 0.760. The molecule has 30 heavy (non-hydrogen) atoms. The molecule has 0 bridgehead atoms. The number of carbonyl (C=O) groups excluding carboxylic acids is 3. The fourth-order valence-electron chi connectivity index (χ4n) is 4.09. The Morgan fingerprint density at radius 3 is 2.63 bits per heavy atom. The van der Waals surface area contributed by atoms with Gasteiger partial charge >= 0.3 is 6.03 Å². The van der Waals surface area contributed by atoms with E-state index in [-0.39, 0.29) is 24.9 Å². The number of para-hydroxylation sites is 1. The van der Waals surface area contributed by atoms with E-state index < -0.39 is 11.6 Å². The van der Waals surface area contributed by atoms with Crippen molar-refractivity contribution in [3.8, 4) is 5.75 Å². The molecule has 2 saturated heterocycles. The van der Waals surface area contributed by atoms with Gasteiger partial charge in [-0.05, 0) is 42.7 Å². The SMILES string of the molecule is COc1ccccc1C(=O)N1CCC[C@@]2(C1)NC(=O)N(Cc1ccc(Cl)cc1)C2=O. The van der Waals surface area contributed by atoms with Crippen molar-refractivity contribution >= 4 is 29.4 Å². The van der Waals surface area contributed by atoms with Gasteiger partial charge in [-0.3, -0.25) is 14.5 Å². The Morgan fingerprint density at radius 2 is 1.90 bits per heavy atom. The van der Waals surface area contributed by atoms with Crippen molar-refractivity contribution in [1.82, 2.24) is 15.1 Å². The third-order valence-electron chi connectivity index (χ3n) is 5.62. The number of nitrogens with zero attached hydrogens (tertiary/aromatic N) is 2. The van der Waals surface area contributed by atoms with Crippen LogP contribution in [0.3, 0.4) is 0 Å². The van der Waals surface area contributed by atoms with Crippen LogP contribution in [0.5, 0.6) is 5.75 Å². The van der Waals surface area contributed by atoms with Crippen molar-refractivity contribution in [2.75, 3.05) is 20.2 Å². The number of nitrogens with one attached hydrogen (secondary N) is 1. The van der Waals surface area contributed by atoms with Gasteiger partial charge in [0, 0.05) is 11.6 Å². The van der Waals surface area contributed by atoms with E-state index in [0.717, 1.165) is 5.56 Å². The third-order valence-corrected chi connectivity index (χ3v) is 5.87. The summed E-state index contributed by atoms with van der Waals surface area (Å²) in [7, 11) is 1.51. The van der Waals surface area contributed by atoms with Gasteiger partial charge in [-0.25, -0.2) is 4.79 Å². The first-order valence-corrected chi connectivity index (χ1v) is 10.1. The molecule has 4 amide bonds. The van der Waals surface area contributed by atoms with E-state index in [0.29, 0.717) is 35.7 Å². The molecule has 2 aliphatic heterocycles. The largest absolute Gasteiger partial charge is 0.496 e. The smallest absolute Gasteiger partial charge is 0.325 e. The van der Waals surface area contributed by atoms with Crippen LogP contribution in [0.4, 0.5) is 4.79 Å². The lowest BCUT2D eigenvalue weighted by molar-refractivity contribution is -0.133. The zero-order valence-corrected chi connectivity index (χ0v) is 17.3. The predicted octanol–water partition coefficient (Wildman–Crippen LogP) is 3.08. The minimum atomic E-state index is -1.10. The third kappa shape index (κ3) is 3.61. The molecule has 7 nitrogen and oxygen atoms in total. The van der Waals surface area contributed by atoms with Crippen molar-refractivity contribution in [2.24, 2.45) is 0 Å². The summed E-state index contributed by atoms with van der Waals surface area (Å²) >= 11 is 5.91. The zero-order valence-electron chi connectivity index (χ0n) is 16.6. The Labute approximate surface area is 179 Å². The van der Waals surface area contributed by atoms with Crippen molar-refractivity contribution in [1.29, 1.82) is 0 Å². The van der Waals surface area contributed by atoms with Gasteiger partial charge in [0.2, 0.25) is 0 Å². The van der Waals surface area contributed by atoms with E-state index in [4.69, 9.17) is 16.3 Å². The van der Waals surface area contributed by atoms with Gasteiger partial charge in [0.05, 0.1) is 25.8 Å². The molecule has 1 atom stereocenters. The first-order valence-electron chi connectivity index (χ1n) is 9.74. The predicted molar refractivity (Wildman–Crippen MR) is 111 cm³/mol. The van der Waals surface area contributed by atoms with Gasteiger partial charge in [0.1, 0.15) is 11.3 Å². The Hall–Kier alpha value is -3.06. The van der Waals surface area contributed by atoms with Crippen LogP contribution in [0, 0.1) is 0 Å². The molecule has 0 unspecified atom stereocenters. The van der Waals surface area contributed by atoms with E-state index in [1.807, 2.05) is 0 Å². The molecule has 0 aromatic heterocycles. The van der Waals surface area contributed by atoms with Crippen LogP contribution in [-0.2, 0) is 11.3 Å². The molecule has 156 valence electrons. The van der Waals surface area contributed by atoms with E-state index in [9.17, 15) is 14.4 Å². The van der Waals surface area contributed by atoms with Gasteiger partial charge in [0.15, 0.2) is 0 Å². The molecule has 2 heterocycles. The number of urea groups is 1. The van der Waals surface area contributed by atoms with Crippen LogP contribution >= 0.6 is 11.6 Å². The maximum atomic E-state index is 13.2. The lowest BCUT2D eigenvalue weighted by Gasteiger charge is -2.38. The molecule has 0 aliphatic carbocycles. The molecular formula is C22H22ClN3O4. The summed E-state index contributed by atoms with van der Waals surface area (Å²) in [5.74, 6) is -0.0435. The first kappa shape index (κ1) is 20.2. The zero-order chi connectivity index (χ0) is 21.3. The molecule has 2 aliphatic rings. The highest BCUT2D eigenvalue weighted by molar-refractivity contribution is 6.30. The summed E-state index contributed by atoms with van der Waals surface area (Å²) in [6.45, 7) is 0.800. The number of methoxy groups -OCH3 is 1. The summed E-state index contributed by atoms with van der Waals surface area (Å²) in [6.07, 6.45) is 1.10. The molecule has 0 saturated carbocycles. The highest BCUT2D eigenvalue weighted by Crippen LogP contribution is 2.31. The van der Waals surface area contributed by atoms with Crippen molar-refractivity contribution in [2.45, 2.75) is 24.9 Å². The molecular weight excluding hydrogens is 406 g/mol. The van der Waals surface area contributed by atoms with Crippen LogP contribution in [0.15, 0.2) is 48.5 Å². The molecule has 0 radical (unpaired) electrons. The highest BCUT2D eigenvalue weighted by atomic mass is 35.5. The number of likely N-dealkylation sites (tertiary alicyclic amines) is 1. The van der Waals surface area contributed by atoms with E-state index >= 15 is 0 Å².